The zero-order valence-corrected chi connectivity index (χ0v) is 15.0. The molecule has 0 spiro atoms. The van der Waals surface area contributed by atoms with Crippen molar-refractivity contribution < 1.29 is 4.79 Å². The van der Waals surface area contributed by atoms with Gasteiger partial charge in [-0.25, -0.2) is 4.98 Å². The molecular weight excluding hydrogens is 323 g/mol. The van der Waals surface area contributed by atoms with Crippen molar-refractivity contribution in [2.24, 2.45) is 11.7 Å². The van der Waals surface area contributed by atoms with Crippen LogP contribution in [0, 0.1) is 19.8 Å². The number of hydrogen-bond acceptors (Lipinski definition) is 4. The summed E-state index contributed by atoms with van der Waals surface area (Å²) in [6.45, 7) is 6.93. The number of pyridine rings is 1. The number of nitrogens with one attached hydrogen (secondary N) is 1. The van der Waals surface area contributed by atoms with Gasteiger partial charge in [-0.1, -0.05) is 0 Å². The topological polar surface area (TPSA) is 71.2 Å². The van der Waals surface area contributed by atoms with E-state index in [0.29, 0.717) is 17.3 Å². The van der Waals surface area contributed by atoms with Gasteiger partial charge < -0.3 is 16.0 Å². The van der Waals surface area contributed by atoms with E-state index in [2.05, 4.69) is 15.2 Å². The molecule has 5 nitrogen and oxygen atoms in total. The Kier molecular flexibility index (Phi) is 8.74. The van der Waals surface area contributed by atoms with E-state index in [1.165, 1.54) is 12.8 Å². The second-order valence-electron chi connectivity index (χ2n) is 5.72. The van der Waals surface area contributed by atoms with Crippen LogP contribution in [0.4, 0.5) is 5.82 Å². The van der Waals surface area contributed by atoms with Crippen LogP contribution < -0.4 is 16.0 Å². The van der Waals surface area contributed by atoms with Crippen molar-refractivity contribution in [1.82, 2.24) is 10.3 Å². The first-order chi connectivity index (χ1) is 9.49. The van der Waals surface area contributed by atoms with Crippen LogP contribution in [0.3, 0.4) is 0 Å². The van der Waals surface area contributed by atoms with Gasteiger partial charge in [0.25, 0.3) is 5.91 Å². The Morgan fingerprint density at radius 3 is 2.68 bits per heavy atom. The molecule has 0 aliphatic carbocycles. The summed E-state index contributed by atoms with van der Waals surface area (Å²) in [5.41, 5.74) is 7.94. The lowest BCUT2D eigenvalue weighted by Gasteiger charge is -2.29. The summed E-state index contributed by atoms with van der Waals surface area (Å²) in [5.74, 6) is 0.883. The molecule has 1 aromatic rings. The highest BCUT2D eigenvalue weighted by molar-refractivity contribution is 5.98. The molecule has 1 amide bonds. The summed E-state index contributed by atoms with van der Waals surface area (Å²) in [5, 5.41) is 3.41. The first kappa shape index (κ1) is 21.0. The minimum atomic E-state index is -0.413. The van der Waals surface area contributed by atoms with Crippen molar-refractivity contribution >= 4 is 36.5 Å². The lowest BCUT2D eigenvalue weighted by Crippen LogP contribution is -2.37. The second kappa shape index (κ2) is 9.18. The Bertz CT molecular complexity index is 505. The molecule has 1 aliphatic rings. The standard InChI is InChI=1S/C15H24N4O.2ClH/c1-10-7-13(14(16)20)15(18-11(10)2)19(3)9-12-5-4-6-17-8-12;;/h7,12,17H,4-6,8-9H2,1-3H3,(H2,16,20);2*1H. The van der Waals surface area contributed by atoms with Gasteiger partial charge in [-0.15, -0.1) is 24.8 Å². The van der Waals surface area contributed by atoms with Gasteiger partial charge in [-0.2, -0.15) is 0 Å². The van der Waals surface area contributed by atoms with Gasteiger partial charge >= 0.3 is 0 Å². The van der Waals surface area contributed by atoms with Crippen LogP contribution >= 0.6 is 24.8 Å². The number of halogens is 2. The highest BCUT2D eigenvalue weighted by atomic mass is 35.5. The molecule has 1 atom stereocenters. The maximum absolute atomic E-state index is 11.6. The molecule has 3 N–H and O–H groups in total. The van der Waals surface area contributed by atoms with Crippen molar-refractivity contribution in [3.8, 4) is 0 Å². The molecule has 0 radical (unpaired) electrons. The summed E-state index contributed by atoms with van der Waals surface area (Å²) in [7, 11) is 1.98. The van der Waals surface area contributed by atoms with E-state index < -0.39 is 5.91 Å². The molecule has 1 unspecified atom stereocenters. The molecule has 2 rings (SSSR count). The largest absolute Gasteiger partial charge is 0.365 e. The lowest BCUT2D eigenvalue weighted by molar-refractivity contribution is 0.100. The van der Waals surface area contributed by atoms with Crippen LogP contribution in [0.15, 0.2) is 6.07 Å². The first-order valence-electron chi connectivity index (χ1n) is 7.19. The number of nitrogens with two attached hydrogens (primary N) is 1. The monoisotopic (exact) mass is 348 g/mol. The van der Waals surface area contributed by atoms with Crippen molar-refractivity contribution in [1.29, 1.82) is 0 Å². The highest BCUT2D eigenvalue weighted by Gasteiger charge is 2.20. The molecule has 1 saturated heterocycles. The number of hydrogen-bond donors (Lipinski definition) is 2. The van der Waals surface area contributed by atoms with E-state index in [9.17, 15) is 4.79 Å². The van der Waals surface area contributed by atoms with E-state index in [1.807, 2.05) is 27.0 Å². The fourth-order valence-electron chi connectivity index (χ4n) is 2.72. The SMILES string of the molecule is Cc1cc(C(N)=O)c(N(C)CC2CCCNC2)nc1C.Cl.Cl. The van der Waals surface area contributed by atoms with Crippen molar-refractivity contribution in [3.63, 3.8) is 0 Å². The average molecular weight is 349 g/mol. The van der Waals surface area contributed by atoms with Gasteiger partial charge in [0, 0.05) is 19.3 Å². The Hall–Kier alpha value is -1.04. The van der Waals surface area contributed by atoms with E-state index >= 15 is 0 Å². The molecule has 0 aromatic carbocycles. The number of rotatable bonds is 4. The Labute approximate surface area is 144 Å². The minimum Gasteiger partial charge on any atom is -0.365 e. The number of anilines is 1. The Morgan fingerprint density at radius 2 is 2.14 bits per heavy atom. The van der Waals surface area contributed by atoms with Crippen molar-refractivity contribution in [3.05, 3.63) is 22.9 Å². The van der Waals surface area contributed by atoms with Gasteiger partial charge in [-0.05, 0) is 57.3 Å². The molecule has 0 saturated carbocycles. The van der Waals surface area contributed by atoms with Crippen LogP contribution in [-0.4, -0.2) is 37.6 Å². The van der Waals surface area contributed by atoms with Gasteiger partial charge in [0.2, 0.25) is 0 Å². The van der Waals surface area contributed by atoms with Gasteiger partial charge in [0.15, 0.2) is 0 Å². The normalized spacial score (nSPS) is 17.1. The van der Waals surface area contributed by atoms with Crippen molar-refractivity contribution in [2.75, 3.05) is 31.6 Å². The van der Waals surface area contributed by atoms with Gasteiger partial charge in [-0.3, -0.25) is 4.79 Å². The third-order valence-electron chi connectivity index (χ3n) is 4.00. The number of amides is 1. The smallest absolute Gasteiger partial charge is 0.252 e. The van der Waals surface area contributed by atoms with Crippen molar-refractivity contribution in [2.45, 2.75) is 26.7 Å². The van der Waals surface area contributed by atoms with Crippen LogP contribution in [-0.2, 0) is 0 Å². The van der Waals surface area contributed by atoms with E-state index in [4.69, 9.17) is 5.73 Å². The summed E-state index contributed by atoms with van der Waals surface area (Å²) >= 11 is 0. The van der Waals surface area contributed by atoms with Crippen LogP contribution in [0.25, 0.3) is 0 Å². The fourth-order valence-corrected chi connectivity index (χ4v) is 2.72. The second-order valence-corrected chi connectivity index (χ2v) is 5.72. The molecule has 0 bridgehead atoms. The predicted molar refractivity (Wildman–Crippen MR) is 95.6 cm³/mol. The van der Waals surface area contributed by atoms with Gasteiger partial charge in [0.1, 0.15) is 5.82 Å². The fraction of sp³-hybridized carbons (Fsp3) is 0.600. The number of primary amides is 1. The van der Waals surface area contributed by atoms with Gasteiger partial charge in [0.05, 0.1) is 5.56 Å². The third-order valence-corrected chi connectivity index (χ3v) is 4.00. The lowest BCUT2D eigenvalue weighted by atomic mass is 9.99. The Balaban J connectivity index is 0.00000220. The number of carbonyl (C=O) groups excluding carboxylic acids is 1. The summed E-state index contributed by atoms with van der Waals surface area (Å²) in [6, 6.07) is 1.84. The molecule has 2 heterocycles. The van der Waals surface area contributed by atoms with E-state index in [0.717, 1.165) is 30.9 Å². The molecule has 1 aromatic heterocycles. The highest BCUT2D eigenvalue weighted by Crippen LogP contribution is 2.22. The van der Waals surface area contributed by atoms with Crippen LogP contribution in [0.5, 0.6) is 0 Å². The summed E-state index contributed by atoms with van der Waals surface area (Å²) in [6.07, 6.45) is 2.43. The molecule has 1 fully saturated rings. The first-order valence-corrected chi connectivity index (χ1v) is 7.19. The molecule has 126 valence electrons. The van der Waals surface area contributed by atoms with E-state index in [1.54, 1.807) is 0 Å². The predicted octanol–water partition coefficient (Wildman–Crippen LogP) is 2.08. The van der Waals surface area contributed by atoms with Crippen LogP contribution in [0.1, 0.15) is 34.5 Å². The quantitative estimate of drug-likeness (QED) is 0.873. The maximum Gasteiger partial charge on any atom is 0.252 e. The van der Waals surface area contributed by atoms with E-state index in [-0.39, 0.29) is 24.8 Å². The third kappa shape index (κ3) is 5.00. The summed E-state index contributed by atoms with van der Waals surface area (Å²) in [4.78, 5) is 18.2. The van der Waals surface area contributed by atoms with Crippen LogP contribution in [0.2, 0.25) is 0 Å². The zero-order valence-electron chi connectivity index (χ0n) is 13.4. The number of carbonyl (C=O) groups is 1. The average Bonchev–Trinajstić information content (AvgIpc) is 2.42. The number of aromatic nitrogens is 1. The zero-order chi connectivity index (χ0) is 14.7. The molecule has 22 heavy (non-hydrogen) atoms. The number of aryl methyl sites for hydroxylation is 2. The summed E-state index contributed by atoms with van der Waals surface area (Å²) < 4.78 is 0. The number of nitrogens with zero attached hydrogens (tertiary/aromatic N) is 2. The minimum absolute atomic E-state index is 0. The molecular formula is C15H26Cl2N4O. The Morgan fingerprint density at radius 1 is 1.45 bits per heavy atom. The maximum atomic E-state index is 11.6. The number of piperidine rings is 1. The molecule has 1 aliphatic heterocycles. The molecule has 7 heteroatoms.